The molecular formula is C13H28Rb2. The molecule has 0 radical (unpaired) electrons. The molecule has 0 spiro atoms. The van der Waals surface area contributed by atoms with Gasteiger partial charge in [-0.15, -0.1) is 13.2 Å². The van der Waals surface area contributed by atoms with Crippen LogP contribution in [0.3, 0.4) is 0 Å². The summed E-state index contributed by atoms with van der Waals surface area (Å²) in [6, 6.07) is 0. The maximum atomic E-state index is 3.64. The SMILES string of the molecule is C=CC.C=CC.[CH2-]C(C)C.[CH2-]CC.[Rb+].[Rb+]. The van der Waals surface area contributed by atoms with E-state index in [9.17, 15) is 0 Å². The molecule has 15 heavy (non-hydrogen) atoms. The minimum Gasteiger partial charge on any atom is -0.344 e. The molecule has 0 heterocycles. The van der Waals surface area contributed by atoms with Gasteiger partial charge in [-0.25, -0.2) is 0 Å². The number of allylic oxidation sites excluding steroid dienone is 2. The van der Waals surface area contributed by atoms with Gasteiger partial charge >= 0.3 is 116 Å². The first-order valence-electron chi connectivity index (χ1n) is 4.74. The van der Waals surface area contributed by atoms with E-state index in [-0.39, 0.29) is 116 Å². The van der Waals surface area contributed by atoms with Crippen molar-refractivity contribution in [2.75, 3.05) is 0 Å². The van der Waals surface area contributed by atoms with Gasteiger partial charge in [0, 0.05) is 0 Å². The molecule has 0 rings (SSSR count). The Morgan fingerprint density at radius 2 is 1.07 bits per heavy atom. The molecule has 82 valence electrons. The van der Waals surface area contributed by atoms with Crippen LogP contribution >= 0.6 is 0 Å². The predicted molar refractivity (Wildman–Crippen MR) is 67.6 cm³/mol. The van der Waals surface area contributed by atoms with Gasteiger partial charge in [0.1, 0.15) is 0 Å². The second-order valence-electron chi connectivity index (χ2n) is 2.71. The van der Waals surface area contributed by atoms with Crippen molar-refractivity contribution < 1.29 is 116 Å². The average Bonchev–Trinajstić information content (AvgIpc) is 1.88. The summed E-state index contributed by atoms with van der Waals surface area (Å²) in [5, 5.41) is 0. The summed E-state index contributed by atoms with van der Waals surface area (Å²) < 4.78 is 0. The Kier molecular flexibility index (Phi) is 129. The molecule has 0 aromatic rings. The van der Waals surface area contributed by atoms with E-state index in [1.165, 1.54) is 0 Å². The topological polar surface area (TPSA) is 0 Å². The van der Waals surface area contributed by atoms with E-state index in [0.717, 1.165) is 6.42 Å². The molecule has 0 atom stereocenters. The molecule has 2 heteroatoms. The first kappa shape index (κ1) is 36.1. The molecule has 0 N–H and O–H groups in total. The fraction of sp³-hybridized carbons (Fsp3) is 0.538. The van der Waals surface area contributed by atoms with Gasteiger partial charge < -0.3 is 13.8 Å². The number of rotatable bonds is 0. The van der Waals surface area contributed by atoms with Gasteiger partial charge in [-0.2, -0.15) is 12.3 Å². The van der Waals surface area contributed by atoms with Crippen LogP contribution in [-0.4, -0.2) is 0 Å². The summed E-state index contributed by atoms with van der Waals surface area (Å²) >= 11 is 0. The Bertz CT molecular complexity index is 60.2. The Morgan fingerprint density at radius 3 is 1.07 bits per heavy atom. The van der Waals surface area contributed by atoms with Crippen LogP contribution < -0.4 is 116 Å². The van der Waals surface area contributed by atoms with Crippen LogP contribution in [0, 0.1) is 19.8 Å². The summed E-state index contributed by atoms with van der Waals surface area (Å²) in [6.07, 6.45) is 4.50. The Hall–Kier alpha value is 3.09. The van der Waals surface area contributed by atoms with Crippen molar-refractivity contribution in [1.82, 2.24) is 0 Å². The normalized spacial score (nSPS) is 5.33. The van der Waals surface area contributed by atoms with E-state index >= 15 is 0 Å². The zero-order valence-electron chi connectivity index (χ0n) is 12.3. The molecule has 0 bridgehead atoms. The molecule has 0 aliphatic carbocycles. The number of hydrogen-bond donors (Lipinski definition) is 0. The van der Waals surface area contributed by atoms with Crippen molar-refractivity contribution in [1.29, 1.82) is 0 Å². The molecule has 0 aromatic heterocycles. The van der Waals surface area contributed by atoms with Gasteiger partial charge in [-0.3, -0.25) is 0 Å². The second-order valence-corrected chi connectivity index (χ2v) is 2.71. The quantitative estimate of drug-likeness (QED) is 0.390. The zero-order valence-corrected chi connectivity index (χ0v) is 22.1. The summed E-state index contributed by atoms with van der Waals surface area (Å²) in [5.41, 5.74) is 0. The van der Waals surface area contributed by atoms with Gasteiger partial charge in [0.05, 0.1) is 0 Å². The van der Waals surface area contributed by atoms with Crippen molar-refractivity contribution in [2.45, 2.75) is 41.0 Å². The summed E-state index contributed by atoms with van der Waals surface area (Å²) in [6.45, 7) is 23.8. The van der Waals surface area contributed by atoms with E-state index in [0.29, 0.717) is 5.92 Å². The molecular weight excluding hydrogens is 327 g/mol. The molecule has 0 aliphatic rings. The van der Waals surface area contributed by atoms with Crippen LogP contribution in [0.5, 0.6) is 0 Å². The fourth-order valence-electron chi connectivity index (χ4n) is 0. The first-order chi connectivity index (χ1) is 5.97. The van der Waals surface area contributed by atoms with E-state index in [4.69, 9.17) is 0 Å². The monoisotopic (exact) mass is 354 g/mol. The summed E-state index contributed by atoms with van der Waals surface area (Å²) in [5.74, 6) is 0.583. The maximum Gasteiger partial charge on any atom is 1.00 e. The maximum absolute atomic E-state index is 3.64. The van der Waals surface area contributed by atoms with Gasteiger partial charge in [-0.05, 0) is 13.8 Å². The van der Waals surface area contributed by atoms with Crippen LogP contribution in [-0.2, 0) is 0 Å². The molecule has 0 saturated carbocycles. The number of hydrogen-bond acceptors (Lipinski definition) is 0. The van der Waals surface area contributed by atoms with Crippen molar-refractivity contribution >= 4 is 0 Å². The minimum atomic E-state index is 0. The molecule has 0 nitrogen and oxygen atoms in total. The Labute approximate surface area is 197 Å². The first-order valence-corrected chi connectivity index (χ1v) is 4.74. The largest absolute Gasteiger partial charge is 1.00 e. The van der Waals surface area contributed by atoms with Crippen LogP contribution in [0.1, 0.15) is 41.0 Å². The molecule has 0 aromatic carbocycles. The molecule has 0 amide bonds. The fourth-order valence-corrected chi connectivity index (χ4v) is 0. The van der Waals surface area contributed by atoms with Crippen molar-refractivity contribution in [3.63, 3.8) is 0 Å². The predicted octanol–water partition coefficient (Wildman–Crippen LogP) is -0.900. The van der Waals surface area contributed by atoms with Crippen molar-refractivity contribution in [3.8, 4) is 0 Å². The van der Waals surface area contributed by atoms with Crippen molar-refractivity contribution in [2.24, 2.45) is 5.92 Å². The smallest absolute Gasteiger partial charge is 0.344 e. The minimum absolute atomic E-state index is 0. The second kappa shape index (κ2) is 53.5. The van der Waals surface area contributed by atoms with Gasteiger partial charge in [0.15, 0.2) is 0 Å². The zero-order chi connectivity index (χ0) is 11.7. The van der Waals surface area contributed by atoms with Crippen LogP contribution in [0.4, 0.5) is 0 Å². The van der Waals surface area contributed by atoms with Gasteiger partial charge in [0.2, 0.25) is 0 Å². The van der Waals surface area contributed by atoms with E-state index in [2.05, 4.69) is 40.9 Å². The van der Waals surface area contributed by atoms with Crippen LogP contribution in [0.2, 0.25) is 0 Å². The van der Waals surface area contributed by atoms with Crippen LogP contribution in [0.25, 0.3) is 0 Å². The van der Waals surface area contributed by atoms with Crippen molar-refractivity contribution in [3.05, 3.63) is 39.2 Å². The van der Waals surface area contributed by atoms with Gasteiger partial charge in [-0.1, -0.05) is 32.9 Å². The molecule has 0 saturated heterocycles. The summed E-state index contributed by atoms with van der Waals surface area (Å²) in [7, 11) is 0. The van der Waals surface area contributed by atoms with E-state index in [1.54, 1.807) is 12.2 Å². The van der Waals surface area contributed by atoms with Gasteiger partial charge in [0.25, 0.3) is 0 Å². The third-order valence-electron chi connectivity index (χ3n) is 0. The van der Waals surface area contributed by atoms with E-state index in [1.807, 2.05) is 20.8 Å². The third kappa shape index (κ3) is 407. The Morgan fingerprint density at radius 1 is 1.07 bits per heavy atom. The molecule has 0 aliphatic heterocycles. The summed E-state index contributed by atoms with van der Waals surface area (Å²) in [4.78, 5) is 0. The standard InChI is InChI=1S/C4H9.C3H7.2C3H6.2Rb/c1-4(2)3;3*1-3-2;;/h4H,1H2,2-3H3;1,3H2,2H3;2*3H,1H2,2H3;;/q2*-1;;;2*+1. The van der Waals surface area contributed by atoms with E-state index < -0.39 is 0 Å². The molecule has 0 unspecified atom stereocenters. The van der Waals surface area contributed by atoms with Crippen LogP contribution in [0.15, 0.2) is 25.3 Å². The molecule has 0 fully saturated rings. The average molecular weight is 355 g/mol. The third-order valence-corrected chi connectivity index (χ3v) is 0. The Balaban J connectivity index is -0.0000000174.